The highest BCUT2D eigenvalue weighted by atomic mass is 16.7. The van der Waals surface area contributed by atoms with Crippen LogP contribution in [0.1, 0.15) is 106 Å². The Labute approximate surface area is 319 Å². The van der Waals surface area contributed by atoms with Crippen LogP contribution in [0.15, 0.2) is 11.6 Å². The van der Waals surface area contributed by atoms with Crippen LogP contribution in [0.2, 0.25) is 0 Å². The smallest absolute Gasteiger partial charge is 0.315 e. The Kier molecular flexibility index (Phi) is 10.4. The summed E-state index contributed by atoms with van der Waals surface area (Å²) in [5.41, 5.74) is -2.15. The fraction of sp³-hybridized carbons (Fsp3) is 0.927. The summed E-state index contributed by atoms with van der Waals surface area (Å²) < 4.78 is 23.7. The zero-order valence-corrected chi connectivity index (χ0v) is 33.1. The van der Waals surface area contributed by atoms with E-state index in [1.165, 1.54) is 0 Å². The summed E-state index contributed by atoms with van der Waals surface area (Å²) in [6.07, 6.45) is -4.04. The van der Waals surface area contributed by atoms with Crippen LogP contribution in [-0.2, 0) is 23.7 Å². The van der Waals surface area contributed by atoms with Crippen LogP contribution in [-0.4, -0.2) is 127 Å². The Morgan fingerprint density at radius 3 is 2.19 bits per heavy atom. The average Bonchev–Trinajstić information content (AvgIpc) is 3.11. The van der Waals surface area contributed by atoms with Gasteiger partial charge in [-0.1, -0.05) is 53.2 Å². The van der Waals surface area contributed by atoms with E-state index < -0.39 is 84.8 Å². The summed E-state index contributed by atoms with van der Waals surface area (Å²) in [4.78, 5) is 14.6. The molecule has 308 valence electrons. The van der Waals surface area contributed by atoms with Gasteiger partial charge in [-0.05, 0) is 104 Å². The number of aliphatic hydroxyl groups excluding tert-OH is 7. The third kappa shape index (κ3) is 5.68. The lowest BCUT2D eigenvalue weighted by Crippen LogP contribution is -2.68. The van der Waals surface area contributed by atoms with Gasteiger partial charge < -0.3 is 59.8 Å². The van der Waals surface area contributed by atoms with Crippen molar-refractivity contribution in [3.8, 4) is 0 Å². The maximum atomic E-state index is 14.6. The molecule has 13 heteroatoms. The SMILES string of the molecule is C[C@H]1CC[C@]2(C(=O)O[C@@H]3O[C@H](CO)[C@@H](O)[C@H](O)[C@H]3O)CC[C@]3(C)C(=CC[C@@H]4[C@@]5(C)CC[C@H](O[C@@H]6OC[C@@H](O)[C@H](O)[C@H]6O)C(C)(C)[C@@H]5CC[C@]43C)[C@@H]2[C@]1(C)O. The molecule has 0 bridgehead atoms. The summed E-state index contributed by atoms with van der Waals surface area (Å²) in [5, 5.41) is 84.8. The number of hydrogen-bond donors (Lipinski definition) is 8. The highest BCUT2D eigenvalue weighted by Crippen LogP contribution is 2.76. The first-order chi connectivity index (χ1) is 25.1. The molecule has 5 aliphatic carbocycles. The third-order valence-corrected chi connectivity index (χ3v) is 17.2. The van der Waals surface area contributed by atoms with Crippen LogP contribution >= 0.6 is 0 Å². The van der Waals surface area contributed by atoms with Crippen LogP contribution in [0, 0.1) is 50.7 Å². The minimum Gasteiger partial charge on any atom is -0.432 e. The number of hydrogen-bond acceptors (Lipinski definition) is 13. The maximum Gasteiger partial charge on any atom is 0.315 e. The first-order valence-electron chi connectivity index (χ1n) is 20.4. The summed E-state index contributed by atoms with van der Waals surface area (Å²) in [5.74, 6) is -0.699. The Hall–Kier alpha value is -1.23. The normalized spacial score (nSPS) is 55.6. The van der Waals surface area contributed by atoms with E-state index in [0.717, 1.165) is 37.7 Å². The molecule has 2 saturated heterocycles. The highest BCUT2D eigenvalue weighted by molar-refractivity contribution is 5.79. The Morgan fingerprint density at radius 2 is 1.50 bits per heavy atom. The summed E-state index contributed by atoms with van der Waals surface area (Å²) >= 11 is 0. The lowest BCUT2D eigenvalue weighted by atomic mass is 9.33. The van der Waals surface area contributed by atoms with E-state index in [1.807, 2.05) is 13.8 Å². The molecule has 4 saturated carbocycles. The van der Waals surface area contributed by atoms with Gasteiger partial charge in [0.15, 0.2) is 6.29 Å². The monoisotopic (exact) mass is 766 g/mol. The lowest BCUT2D eigenvalue weighted by Gasteiger charge is -2.72. The van der Waals surface area contributed by atoms with E-state index in [1.54, 1.807) is 0 Å². The van der Waals surface area contributed by atoms with Gasteiger partial charge in [-0.25, -0.2) is 0 Å². The van der Waals surface area contributed by atoms with Crippen molar-refractivity contribution >= 4 is 5.97 Å². The Bertz CT molecular complexity index is 1470. The molecule has 0 radical (unpaired) electrons. The molecular formula is C41H66O13. The van der Waals surface area contributed by atoms with Gasteiger partial charge in [0.05, 0.1) is 30.3 Å². The second kappa shape index (κ2) is 13.7. The maximum absolute atomic E-state index is 14.6. The quantitative estimate of drug-likeness (QED) is 0.114. The molecule has 54 heavy (non-hydrogen) atoms. The topological polar surface area (TPSA) is 216 Å². The first-order valence-corrected chi connectivity index (χ1v) is 20.4. The third-order valence-electron chi connectivity index (χ3n) is 17.2. The molecule has 2 heterocycles. The van der Waals surface area contributed by atoms with E-state index in [2.05, 4.69) is 40.7 Å². The molecule has 0 aromatic carbocycles. The average molecular weight is 767 g/mol. The molecule has 7 aliphatic rings. The number of carbonyl (C=O) groups excluding carboxylic acids is 1. The number of esters is 1. The largest absolute Gasteiger partial charge is 0.432 e. The number of allylic oxidation sites excluding steroid dienone is 1. The molecule has 13 nitrogen and oxygen atoms in total. The molecule has 0 aromatic rings. The van der Waals surface area contributed by atoms with Crippen LogP contribution < -0.4 is 0 Å². The van der Waals surface area contributed by atoms with E-state index in [0.29, 0.717) is 31.6 Å². The number of rotatable bonds is 5. The number of carbonyl (C=O) groups is 1. The van der Waals surface area contributed by atoms with Crippen molar-refractivity contribution in [1.29, 1.82) is 0 Å². The van der Waals surface area contributed by atoms with Crippen LogP contribution in [0.5, 0.6) is 0 Å². The first kappa shape index (κ1) is 40.9. The van der Waals surface area contributed by atoms with Crippen molar-refractivity contribution in [1.82, 2.24) is 0 Å². The highest BCUT2D eigenvalue weighted by Gasteiger charge is 2.72. The Morgan fingerprint density at radius 1 is 0.815 bits per heavy atom. The van der Waals surface area contributed by atoms with E-state index in [4.69, 9.17) is 18.9 Å². The molecule has 0 aromatic heterocycles. The van der Waals surface area contributed by atoms with Crippen molar-refractivity contribution in [3.63, 3.8) is 0 Å². The fourth-order valence-corrected chi connectivity index (χ4v) is 13.5. The van der Waals surface area contributed by atoms with Crippen LogP contribution in [0.25, 0.3) is 0 Å². The van der Waals surface area contributed by atoms with Crippen molar-refractivity contribution in [3.05, 3.63) is 11.6 Å². The minimum atomic E-state index is -1.72. The lowest BCUT2D eigenvalue weighted by molar-refractivity contribution is -0.308. The predicted molar refractivity (Wildman–Crippen MR) is 193 cm³/mol. The molecule has 8 N–H and O–H groups in total. The molecule has 7 rings (SSSR count). The van der Waals surface area contributed by atoms with Crippen molar-refractivity contribution < 1.29 is 64.6 Å². The van der Waals surface area contributed by atoms with Gasteiger partial charge in [0.25, 0.3) is 0 Å². The van der Waals surface area contributed by atoms with Crippen molar-refractivity contribution in [2.75, 3.05) is 13.2 Å². The van der Waals surface area contributed by atoms with Crippen molar-refractivity contribution in [2.45, 2.75) is 173 Å². The number of ether oxygens (including phenoxy) is 4. The zero-order chi connectivity index (χ0) is 39.6. The van der Waals surface area contributed by atoms with E-state index in [9.17, 15) is 45.6 Å². The number of fused-ring (bicyclic) bond motifs is 7. The summed E-state index contributed by atoms with van der Waals surface area (Å²) in [7, 11) is 0. The molecule has 6 fully saturated rings. The summed E-state index contributed by atoms with van der Waals surface area (Å²) in [6.45, 7) is 14.8. The second-order valence-electron chi connectivity index (χ2n) is 19.9. The molecule has 19 atom stereocenters. The second-order valence-corrected chi connectivity index (χ2v) is 19.9. The predicted octanol–water partition coefficient (Wildman–Crippen LogP) is 1.93. The van der Waals surface area contributed by atoms with E-state index >= 15 is 0 Å². The standard InChI is InChI=1S/C41H66O13/c1-20-10-15-41(35(49)54-34-31(48)29(46)28(45)23(18-42)52-34)17-16-38(5)21(32(41)40(20,7)50)8-9-25-37(4)13-12-26(36(2,3)24(37)11-14-39(25,38)6)53-33-30(47)27(44)22(43)19-51-33/h8,20,22-34,42-48,50H,9-19H2,1-7H3/t20-,22+,23+,24-,25+,26-,27-,28+,29-,30+,31+,32+,33-,34-,37-,38+,39+,40+,41-/m0/s1. The minimum absolute atomic E-state index is 0.0674. The van der Waals surface area contributed by atoms with Gasteiger partial charge in [-0.2, -0.15) is 0 Å². The Balaban J connectivity index is 1.19. The summed E-state index contributed by atoms with van der Waals surface area (Å²) in [6, 6.07) is 0. The van der Waals surface area contributed by atoms with Crippen LogP contribution in [0.4, 0.5) is 0 Å². The van der Waals surface area contributed by atoms with Gasteiger partial charge in [0.2, 0.25) is 6.29 Å². The van der Waals surface area contributed by atoms with Crippen molar-refractivity contribution in [2.24, 2.45) is 50.7 Å². The number of aliphatic hydroxyl groups is 8. The molecule has 0 amide bonds. The molecule has 0 unspecified atom stereocenters. The van der Waals surface area contributed by atoms with Gasteiger partial charge in [-0.15, -0.1) is 0 Å². The van der Waals surface area contributed by atoms with Gasteiger partial charge in [-0.3, -0.25) is 4.79 Å². The molecular weight excluding hydrogens is 700 g/mol. The molecule has 0 spiro atoms. The van der Waals surface area contributed by atoms with Crippen LogP contribution in [0.3, 0.4) is 0 Å². The van der Waals surface area contributed by atoms with Gasteiger partial charge in [0, 0.05) is 5.92 Å². The van der Waals surface area contributed by atoms with Gasteiger partial charge >= 0.3 is 5.97 Å². The van der Waals surface area contributed by atoms with E-state index in [-0.39, 0.29) is 46.2 Å². The van der Waals surface area contributed by atoms with Gasteiger partial charge in [0.1, 0.15) is 42.7 Å². The fourth-order valence-electron chi connectivity index (χ4n) is 13.5. The molecule has 2 aliphatic heterocycles. The zero-order valence-electron chi connectivity index (χ0n) is 33.1.